The highest BCUT2D eigenvalue weighted by molar-refractivity contribution is 6.03. The Morgan fingerprint density at radius 3 is 2.92 bits per heavy atom. The average molecular weight is 342 g/mol. The van der Waals surface area contributed by atoms with Gasteiger partial charge < -0.3 is 19.7 Å². The Labute approximate surface area is 146 Å². The molecule has 2 heterocycles. The Hall–Kier alpha value is -2.60. The zero-order valence-corrected chi connectivity index (χ0v) is 14.2. The van der Waals surface area contributed by atoms with Gasteiger partial charge in [-0.2, -0.15) is 0 Å². The van der Waals surface area contributed by atoms with E-state index < -0.39 is 0 Å². The number of carbonyl (C=O) groups is 2. The van der Waals surface area contributed by atoms with Crippen molar-refractivity contribution in [3.05, 3.63) is 53.5 Å². The van der Waals surface area contributed by atoms with E-state index >= 15 is 0 Å². The van der Waals surface area contributed by atoms with Crippen LogP contribution in [0.25, 0.3) is 0 Å². The molecule has 2 amide bonds. The van der Waals surface area contributed by atoms with E-state index in [-0.39, 0.29) is 30.1 Å². The number of carbonyl (C=O) groups excluding carboxylic acids is 2. The predicted octanol–water partition coefficient (Wildman–Crippen LogP) is 2.68. The molecule has 132 valence electrons. The minimum absolute atomic E-state index is 0.0772. The van der Waals surface area contributed by atoms with Gasteiger partial charge in [-0.15, -0.1) is 0 Å². The van der Waals surface area contributed by atoms with Crippen LogP contribution >= 0.6 is 0 Å². The third-order valence-corrected chi connectivity index (χ3v) is 4.54. The van der Waals surface area contributed by atoms with E-state index in [0.717, 1.165) is 18.4 Å². The largest absolute Gasteiger partial charge is 0.459 e. The van der Waals surface area contributed by atoms with Crippen molar-refractivity contribution in [1.29, 1.82) is 0 Å². The zero-order valence-electron chi connectivity index (χ0n) is 14.2. The monoisotopic (exact) mass is 342 g/mol. The first kappa shape index (κ1) is 17.2. The van der Waals surface area contributed by atoms with Gasteiger partial charge in [0.15, 0.2) is 5.76 Å². The van der Waals surface area contributed by atoms with Crippen molar-refractivity contribution in [2.24, 2.45) is 5.92 Å². The molecule has 0 radical (unpaired) electrons. The number of likely N-dealkylation sites (tertiary alicyclic amines) is 1. The summed E-state index contributed by atoms with van der Waals surface area (Å²) in [5.41, 5.74) is 1.98. The third kappa shape index (κ3) is 3.91. The van der Waals surface area contributed by atoms with Crippen molar-refractivity contribution in [1.82, 2.24) is 4.90 Å². The molecule has 1 aliphatic rings. The van der Waals surface area contributed by atoms with Crippen molar-refractivity contribution in [2.75, 3.05) is 25.0 Å². The number of aliphatic hydroxyl groups is 1. The molecular formula is C19H22N2O4. The summed E-state index contributed by atoms with van der Waals surface area (Å²) in [6.45, 7) is 3.23. The SMILES string of the molecule is Cc1ccc(C(=O)N2CCCC(CO)C2)cc1NC(=O)c1ccco1. The molecule has 1 saturated heterocycles. The number of aliphatic hydroxyl groups excluding tert-OH is 1. The normalized spacial score (nSPS) is 17.4. The summed E-state index contributed by atoms with van der Waals surface area (Å²) in [5.74, 6) is -0.0677. The molecule has 0 aliphatic carbocycles. The molecule has 1 unspecified atom stereocenters. The van der Waals surface area contributed by atoms with Crippen LogP contribution in [0.15, 0.2) is 41.0 Å². The summed E-state index contributed by atoms with van der Waals surface area (Å²) >= 11 is 0. The lowest BCUT2D eigenvalue weighted by atomic mass is 9.98. The standard InChI is InChI=1S/C19H22N2O4/c1-13-6-7-15(19(24)21-8-2-4-14(11-21)12-22)10-16(13)20-18(23)17-5-3-9-25-17/h3,5-7,9-10,14,22H,2,4,8,11-12H2,1H3,(H,20,23). The molecule has 6 nitrogen and oxygen atoms in total. The summed E-state index contributed by atoms with van der Waals surface area (Å²) in [4.78, 5) is 26.7. The molecule has 3 rings (SSSR count). The van der Waals surface area contributed by atoms with E-state index in [1.54, 1.807) is 29.2 Å². The van der Waals surface area contributed by atoms with Crippen LogP contribution in [0.1, 0.15) is 39.3 Å². The van der Waals surface area contributed by atoms with E-state index in [1.807, 2.05) is 13.0 Å². The molecule has 1 aliphatic heterocycles. The second-order valence-electron chi connectivity index (χ2n) is 6.40. The minimum Gasteiger partial charge on any atom is -0.459 e. The smallest absolute Gasteiger partial charge is 0.291 e. The summed E-state index contributed by atoms with van der Waals surface area (Å²) in [6.07, 6.45) is 3.28. The first-order valence-corrected chi connectivity index (χ1v) is 8.44. The van der Waals surface area contributed by atoms with Gasteiger partial charge in [-0.1, -0.05) is 6.07 Å². The molecular weight excluding hydrogens is 320 g/mol. The lowest BCUT2D eigenvalue weighted by molar-refractivity contribution is 0.0620. The molecule has 1 fully saturated rings. The number of hydrogen-bond acceptors (Lipinski definition) is 4. The number of nitrogens with zero attached hydrogens (tertiary/aromatic N) is 1. The second-order valence-corrected chi connectivity index (χ2v) is 6.40. The summed E-state index contributed by atoms with van der Waals surface area (Å²) in [7, 11) is 0. The number of hydrogen-bond donors (Lipinski definition) is 2. The Kier molecular flexibility index (Phi) is 5.19. The molecule has 1 aromatic heterocycles. The molecule has 0 bridgehead atoms. The van der Waals surface area contributed by atoms with Crippen LogP contribution in [-0.4, -0.2) is 41.5 Å². The Morgan fingerprint density at radius 2 is 2.20 bits per heavy atom. The maximum absolute atomic E-state index is 12.8. The van der Waals surface area contributed by atoms with Gasteiger partial charge in [-0.25, -0.2) is 0 Å². The fraction of sp³-hybridized carbons (Fsp3) is 0.368. The van der Waals surface area contributed by atoms with Crippen LogP contribution < -0.4 is 5.32 Å². The number of furan rings is 1. The third-order valence-electron chi connectivity index (χ3n) is 4.54. The molecule has 2 aromatic rings. The lowest BCUT2D eigenvalue weighted by Gasteiger charge is -2.32. The topological polar surface area (TPSA) is 82.8 Å². The molecule has 6 heteroatoms. The number of rotatable bonds is 4. The first-order valence-electron chi connectivity index (χ1n) is 8.44. The van der Waals surface area contributed by atoms with Crippen molar-refractivity contribution in [3.63, 3.8) is 0 Å². The average Bonchev–Trinajstić information content (AvgIpc) is 3.18. The van der Waals surface area contributed by atoms with Crippen molar-refractivity contribution in [3.8, 4) is 0 Å². The Morgan fingerprint density at radius 1 is 1.36 bits per heavy atom. The van der Waals surface area contributed by atoms with E-state index in [2.05, 4.69) is 5.32 Å². The highest BCUT2D eigenvalue weighted by atomic mass is 16.3. The van der Waals surface area contributed by atoms with Crippen LogP contribution in [0.3, 0.4) is 0 Å². The van der Waals surface area contributed by atoms with Crippen LogP contribution in [0, 0.1) is 12.8 Å². The minimum atomic E-state index is -0.351. The summed E-state index contributed by atoms with van der Waals surface area (Å²) in [5, 5.41) is 12.1. The lowest BCUT2D eigenvalue weighted by Crippen LogP contribution is -2.41. The maximum Gasteiger partial charge on any atom is 0.291 e. The fourth-order valence-electron chi connectivity index (χ4n) is 3.06. The van der Waals surface area contributed by atoms with E-state index in [0.29, 0.717) is 24.3 Å². The van der Waals surface area contributed by atoms with Gasteiger partial charge in [0.05, 0.1) is 6.26 Å². The maximum atomic E-state index is 12.8. The zero-order chi connectivity index (χ0) is 17.8. The predicted molar refractivity (Wildman–Crippen MR) is 93.6 cm³/mol. The molecule has 1 aromatic carbocycles. The van der Waals surface area contributed by atoms with Crippen LogP contribution in [0.4, 0.5) is 5.69 Å². The van der Waals surface area contributed by atoms with Crippen molar-refractivity contribution < 1.29 is 19.1 Å². The highest BCUT2D eigenvalue weighted by Gasteiger charge is 2.24. The van der Waals surface area contributed by atoms with Gasteiger partial charge in [-0.05, 0) is 55.5 Å². The number of nitrogens with one attached hydrogen (secondary N) is 1. The molecule has 2 N–H and O–H groups in total. The van der Waals surface area contributed by atoms with Crippen LogP contribution in [-0.2, 0) is 0 Å². The first-order chi connectivity index (χ1) is 12.1. The highest BCUT2D eigenvalue weighted by Crippen LogP contribution is 2.22. The number of amides is 2. The van der Waals surface area contributed by atoms with Gasteiger partial charge in [0, 0.05) is 30.9 Å². The van der Waals surface area contributed by atoms with Crippen LogP contribution in [0.2, 0.25) is 0 Å². The van der Waals surface area contributed by atoms with E-state index in [1.165, 1.54) is 6.26 Å². The van der Waals surface area contributed by atoms with Gasteiger partial charge >= 0.3 is 0 Å². The van der Waals surface area contributed by atoms with E-state index in [9.17, 15) is 14.7 Å². The van der Waals surface area contributed by atoms with Gasteiger partial charge in [0.2, 0.25) is 0 Å². The van der Waals surface area contributed by atoms with Crippen molar-refractivity contribution in [2.45, 2.75) is 19.8 Å². The number of aryl methyl sites for hydroxylation is 1. The van der Waals surface area contributed by atoms with Gasteiger partial charge in [0.1, 0.15) is 0 Å². The Balaban J connectivity index is 1.76. The second kappa shape index (κ2) is 7.53. The molecule has 0 saturated carbocycles. The molecule has 25 heavy (non-hydrogen) atoms. The quantitative estimate of drug-likeness (QED) is 0.895. The number of benzene rings is 1. The van der Waals surface area contributed by atoms with E-state index in [4.69, 9.17) is 4.42 Å². The molecule has 0 spiro atoms. The van der Waals surface area contributed by atoms with Crippen LogP contribution in [0.5, 0.6) is 0 Å². The van der Waals surface area contributed by atoms with Gasteiger partial charge in [-0.3, -0.25) is 9.59 Å². The summed E-state index contributed by atoms with van der Waals surface area (Å²) in [6, 6.07) is 8.51. The fourth-order valence-corrected chi connectivity index (χ4v) is 3.06. The molecule has 1 atom stereocenters. The van der Waals surface area contributed by atoms with Gasteiger partial charge in [0.25, 0.3) is 11.8 Å². The Bertz CT molecular complexity index is 755. The number of piperidine rings is 1. The van der Waals surface area contributed by atoms with Crippen molar-refractivity contribution >= 4 is 17.5 Å². The summed E-state index contributed by atoms with van der Waals surface area (Å²) < 4.78 is 5.09. The number of anilines is 1.